The topological polar surface area (TPSA) is 12.0 Å². The van der Waals surface area contributed by atoms with E-state index in [2.05, 4.69) is 57.3 Å². The quantitative estimate of drug-likeness (QED) is 0.728. The van der Waals surface area contributed by atoms with Gasteiger partial charge in [0.25, 0.3) is 0 Å². The summed E-state index contributed by atoms with van der Waals surface area (Å²) in [5, 5.41) is 3.99. The lowest BCUT2D eigenvalue weighted by atomic mass is 9.77. The second-order valence-electron chi connectivity index (χ2n) is 7.02. The van der Waals surface area contributed by atoms with Crippen LogP contribution in [0.25, 0.3) is 0 Å². The Kier molecular flexibility index (Phi) is 6.29. The third-order valence-electron chi connectivity index (χ3n) is 5.29. The van der Waals surface area contributed by atoms with Gasteiger partial charge in [-0.05, 0) is 48.6 Å². The van der Waals surface area contributed by atoms with Crippen molar-refractivity contribution in [3.05, 3.63) is 35.4 Å². The molecule has 0 radical (unpaired) electrons. The molecule has 0 amide bonds. The van der Waals surface area contributed by atoms with Crippen molar-refractivity contribution >= 4 is 0 Å². The zero-order chi connectivity index (χ0) is 15.2. The van der Waals surface area contributed by atoms with E-state index in [9.17, 15) is 0 Å². The fraction of sp³-hybridized carbons (Fsp3) is 0.700. The highest BCUT2D eigenvalue weighted by Gasteiger charge is 2.28. The number of rotatable bonds is 6. The van der Waals surface area contributed by atoms with Crippen molar-refractivity contribution in [2.45, 2.75) is 78.3 Å². The summed E-state index contributed by atoms with van der Waals surface area (Å²) in [7, 11) is 0. The molecule has 1 fully saturated rings. The molecular formula is C20H33N. The van der Waals surface area contributed by atoms with Gasteiger partial charge < -0.3 is 5.32 Å². The van der Waals surface area contributed by atoms with Crippen LogP contribution >= 0.6 is 0 Å². The summed E-state index contributed by atoms with van der Waals surface area (Å²) >= 11 is 0. The van der Waals surface area contributed by atoms with Gasteiger partial charge in [-0.1, -0.05) is 64.8 Å². The zero-order valence-corrected chi connectivity index (χ0v) is 14.4. The van der Waals surface area contributed by atoms with Crippen molar-refractivity contribution in [2.75, 3.05) is 0 Å². The molecule has 118 valence electrons. The largest absolute Gasteiger partial charge is 0.307 e. The van der Waals surface area contributed by atoms with E-state index in [4.69, 9.17) is 0 Å². The lowest BCUT2D eigenvalue weighted by molar-refractivity contribution is 0.191. The molecule has 0 spiro atoms. The lowest BCUT2D eigenvalue weighted by Gasteiger charge is -2.37. The Labute approximate surface area is 131 Å². The Balaban J connectivity index is 2.06. The highest BCUT2D eigenvalue weighted by Crippen LogP contribution is 2.32. The molecule has 3 atom stereocenters. The molecule has 1 nitrogen and oxygen atoms in total. The van der Waals surface area contributed by atoms with E-state index in [-0.39, 0.29) is 0 Å². The van der Waals surface area contributed by atoms with Gasteiger partial charge in [0.15, 0.2) is 0 Å². The van der Waals surface area contributed by atoms with Gasteiger partial charge in [0.05, 0.1) is 0 Å². The predicted octanol–water partition coefficient (Wildman–Crippen LogP) is 5.50. The van der Waals surface area contributed by atoms with Gasteiger partial charge >= 0.3 is 0 Å². The highest BCUT2D eigenvalue weighted by molar-refractivity contribution is 5.25. The van der Waals surface area contributed by atoms with Gasteiger partial charge in [-0.25, -0.2) is 0 Å². The summed E-state index contributed by atoms with van der Waals surface area (Å²) in [5.41, 5.74) is 2.90. The summed E-state index contributed by atoms with van der Waals surface area (Å²) in [6.07, 6.45) is 7.87. The van der Waals surface area contributed by atoms with E-state index in [0.717, 1.165) is 18.3 Å². The lowest BCUT2D eigenvalue weighted by Crippen LogP contribution is -2.42. The maximum Gasteiger partial charge on any atom is 0.0320 e. The van der Waals surface area contributed by atoms with Crippen LogP contribution in [0.5, 0.6) is 0 Å². The minimum Gasteiger partial charge on any atom is -0.307 e. The molecule has 0 bridgehead atoms. The first-order valence-electron chi connectivity index (χ1n) is 9.00. The molecule has 21 heavy (non-hydrogen) atoms. The summed E-state index contributed by atoms with van der Waals surface area (Å²) in [6.45, 7) is 9.31. The second-order valence-corrected chi connectivity index (χ2v) is 7.02. The average molecular weight is 287 g/mol. The van der Waals surface area contributed by atoms with Crippen LogP contribution in [0.4, 0.5) is 0 Å². The molecule has 1 saturated carbocycles. The van der Waals surface area contributed by atoms with E-state index in [1.807, 2.05) is 0 Å². The van der Waals surface area contributed by atoms with Crippen LogP contribution in [0.15, 0.2) is 24.3 Å². The maximum absolute atomic E-state index is 3.99. The van der Waals surface area contributed by atoms with Crippen molar-refractivity contribution in [3.8, 4) is 0 Å². The monoisotopic (exact) mass is 287 g/mol. The first-order valence-corrected chi connectivity index (χ1v) is 9.00. The normalized spacial score (nSPS) is 24.2. The second kappa shape index (κ2) is 7.98. The Morgan fingerprint density at radius 2 is 1.71 bits per heavy atom. The summed E-state index contributed by atoms with van der Waals surface area (Å²) in [6, 6.07) is 10.5. The van der Waals surface area contributed by atoms with Crippen LogP contribution in [0.3, 0.4) is 0 Å². The Morgan fingerprint density at radius 1 is 1.05 bits per heavy atom. The molecule has 0 saturated heterocycles. The van der Waals surface area contributed by atoms with Gasteiger partial charge in [-0.3, -0.25) is 0 Å². The van der Waals surface area contributed by atoms with E-state index < -0.39 is 0 Å². The molecule has 0 heterocycles. The van der Waals surface area contributed by atoms with E-state index in [1.54, 1.807) is 0 Å². The number of hydrogen-bond donors (Lipinski definition) is 1. The summed E-state index contributed by atoms with van der Waals surface area (Å²) in [4.78, 5) is 0. The molecule has 3 unspecified atom stereocenters. The van der Waals surface area contributed by atoms with Gasteiger partial charge in [-0.2, -0.15) is 0 Å². The number of benzene rings is 1. The van der Waals surface area contributed by atoms with Gasteiger partial charge in [-0.15, -0.1) is 0 Å². The molecule has 1 N–H and O–H groups in total. The highest BCUT2D eigenvalue weighted by atomic mass is 15.0. The van der Waals surface area contributed by atoms with Crippen molar-refractivity contribution < 1.29 is 0 Å². The van der Waals surface area contributed by atoms with Crippen molar-refractivity contribution in [1.29, 1.82) is 0 Å². The van der Waals surface area contributed by atoms with E-state index >= 15 is 0 Å². The molecule has 1 aliphatic carbocycles. The third-order valence-corrected chi connectivity index (χ3v) is 5.29. The number of nitrogens with one attached hydrogen (secondary N) is 1. The molecule has 1 aliphatic rings. The van der Waals surface area contributed by atoms with Crippen LogP contribution in [-0.2, 0) is 6.42 Å². The minimum absolute atomic E-state index is 0.514. The molecule has 2 rings (SSSR count). The predicted molar refractivity (Wildman–Crippen MR) is 92.6 cm³/mol. The molecule has 1 aromatic carbocycles. The Morgan fingerprint density at radius 3 is 2.29 bits per heavy atom. The zero-order valence-electron chi connectivity index (χ0n) is 14.4. The van der Waals surface area contributed by atoms with Crippen LogP contribution in [0.1, 0.15) is 77.0 Å². The molecule has 1 aromatic rings. The molecular weight excluding hydrogens is 254 g/mol. The molecule has 1 heteroatoms. The maximum atomic E-state index is 3.99. The van der Waals surface area contributed by atoms with Gasteiger partial charge in [0.2, 0.25) is 0 Å². The van der Waals surface area contributed by atoms with Crippen molar-refractivity contribution in [1.82, 2.24) is 5.32 Å². The smallest absolute Gasteiger partial charge is 0.0320 e. The van der Waals surface area contributed by atoms with Crippen LogP contribution in [0, 0.1) is 11.8 Å². The third kappa shape index (κ3) is 4.32. The fourth-order valence-electron chi connectivity index (χ4n) is 3.86. The van der Waals surface area contributed by atoms with E-state index in [0.29, 0.717) is 12.1 Å². The summed E-state index contributed by atoms with van der Waals surface area (Å²) in [5.74, 6) is 1.64. The van der Waals surface area contributed by atoms with Crippen LogP contribution in [-0.4, -0.2) is 6.04 Å². The number of aryl methyl sites for hydroxylation is 1. The standard InChI is InChI=1S/C20H33N/c1-5-16-11-13-17(14-12-16)19(6-2)21-20-10-8-7-9-18(20)15(3)4/h11-15,18-21H,5-10H2,1-4H3. The van der Waals surface area contributed by atoms with Crippen molar-refractivity contribution in [2.24, 2.45) is 11.8 Å². The average Bonchev–Trinajstić information content (AvgIpc) is 2.53. The summed E-state index contributed by atoms with van der Waals surface area (Å²) < 4.78 is 0. The van der Waals surface area contributed by atoms with Crippen LogP contribution in [0.2, 0.25) is 0 Å². The Bertz CT molecular complexity index is 406. The Hall–Kier alpha value is -0.820. The first kappa shape index (κ1) is 16.5. The molecule has 0 aliphatic heterocycles. The SMILES string of the molecule is CCc1ccc(C(CC)NC2CCCCC2C(C)C)cc1. The van der Waals surface area contributed by atoms with Gasteiger partial charge in [0, 0.05) is 12.1 Å². The van der Waals surface area contributed by atoms with Crippen molar-refractivity contribution in [3.63, 3.8) is 0 Å². The fourth-order valence-corrected chi connectivity index (χ4v) is 3.86. The minimum atomic E-state index is 0.514. The molecule has 0 aromatic heterocycles. The number of hydrogen-bond acceptors (Lipinski definition) is 1. The van der Waals surface area contributed by atoms with Gasteiger partial charge in [0.1, 0.15) is 0 Å². The van der Waals surface area contributed by atoms with E-state index in [1.165, 1.54) is 43.2 Å². The van der Waals surface area contributed by atoms with Crippen LogP contribution < -0.4 is 5.32 Å². The first-order chi connectivity index (χ1) is 10.2.